The van der Waals surface area contributed by atoms with Crippen molar-refractivity contribution in [1.29, 1.82) is 0 Å². The minimum absolute atomic E-state index is 0.0732. The highest BCUT2D eigenvalue weighted by Crippen LogP contribution is 2.14. The number of hydrogen-bond acceptors (Lipinski definition) is 3. The van der Waals surface area contributed by atoms with Crippen LogP contribution in [0.3, 0.4) is 0 Å². The lowest BCUT2D eigenvalue weighted by Gasteiger charge is -2.01. The molecule has 17 heavy (non-hydrogen) atoms. The number of pyridine rings is 1. The van der Waals surface area contributed by atoms with E-state index in [0.29, 0.717) is 12.1 Å². The Labute approximate surface area is 103 Å². The molecule has 2 N–H and O–H groups in total. The van der Waals surface area contributed by atoms with Gasteiger partial charge in [0.25, 0.3) is 0 Å². The first-order valence-corrected chi connectivity index (χ1v) is 5.18. The van der Waals surface area contributed by atoms with E-state index in [1.54, 1.807) is 12.2 Å². The topological polar surface area (TPSA) is 79.3 Å². The van der Waals surface area contributed by atoms with Crippen LogP contribution in [-0.4, -0.2) is 28.5 Å². The van der Waals surface area contributed by atoms with E-state index in [2.05, 4.69) is 10.3 Å². The molecule has 1 amide bonds. The van der Waals surface area contributed by atoms with E-state index >= 15 is 0 Å². The molecular weight excluding hydrogens is 244 g/mol. The number of aromatic carboxylic acids is 1. The quantitative estimate of drug-likeness (QED) is 0.800. The van der Waals surface area contributed by atoms with Crippen LogP contribution in [0.5, 0.6) is 0 Å². The Morgan fingerprint density at radius 2 is 2.29 bits per heavy atom. The number of carboxylic acids is 1. The van der Waals surface area contributed by atoms with Crippen LogP contribution in [0.15, 0.2) is 18.3 Å². The maximum atomic E-state index is 10.9. The Bertz CT molecular complexity index is 472. The molecule has 0 unspecified atom stereocenters. The second kappa shape index (κ2) is 6.00. The van der Waals surface area contributed by atoms with Gasteiger partial charge in [0.15, 0.2) is 0 Å². The van der Waals surface area contributed by atoms with Crippen molar-refractivity contribution < 1.29 is 14.7 Å². The van der Waals surface area contributed by atoms with Gasteiger partial charge < -0.3 is 10.4 Å². The molecule has 0 radical (unpaired) electrons. The van der Waals surface area contributed by atoms with E-state index in [1.807, 2.05) is 0 Å². The molecule has 0 saturated carbocycles. The third kappa shape index (κ3) is 4.24. The summed E-state index contributed by atoms with van der Waals surface area (Å²) in [5, 5.41) is 11.6. The molecule has 0 aromatic carbocycles. The highest BCUT2D eigenvalue weighted by Gasteiger charge is 2.08. The molecule has 1 aromatic rings. The van der Waals surface area contributed by atoms with Crippen LogP contribution in [0.25, 0.3) is 6.08 Å². The Kier molecular flexibility index (Phi) is 4.66. The predicted octanol–water partition coefficient (Wildman–Crippen LogP) is 1.58. The van der Waals surface area contributed by atoms with Crippen LogP contribution in [0.4, 0.5) is 0 Å². The third-order valence-electron chi connectivity index (χ3n) is 1.90. The summed E-state index contributed by atoms with van der Waals surface area (Å²) < 4.78 is 0. The van der Waals surface area contributed by atoms with Crippen LogP contribution in [0.2, 0.25) is 5.15 Å². The van der Waals surface area contributed by atoms with E-state index in [-0.39, 0.29) is 16.6 Å². The Morgan fingerprint density at radius 3 is 2.88 bits per heavy atom. The summed E-state index contributed by atoms with van der Waals surface area (Å²) in [6.07, 6.45) is 4.58. The fraction of sp³-hybridized carbons (Fsp3) is 0.182. The van der Waals surface area contributed by atoms with Crippen LogP contribution in [0, 0.1) is 0 Å². The molecule has 0 spiro atoms. The van der Waals surface area contributed by atoms with E-state index in [0.717, 1.165) is 0 Å². The number of nitrogens with zero attached hydrogens (tertiary/aromatic N) is 1. The van der Waals surface area contributed by atoms with Crippen molar-refractivity contribution in [3.05, 3.63) is 34.6 Å². The number of carbonyl (C=O) groups excluding carboxylic acids is 1. The highest BCUT2D eigenvalue weighted by atomic mass is 35.5. The SMILES string of the molecule is CC(=O)NCC=Cc1cnc(Cl)cc1C(=O)O. The molecule has 0 aliphatic carbocycles. The summed E-state index contributed by atoms with van der Waals surface area (Å²) in [7, 11) is 0. The minimum atomic E-state index is -1.08. The first-order chi connectivity index (χ1) is 8.00. The lowest BCUT2D eigenvalue weighted by molar-refractivity contribution is -0.118. The van der Waals surface area contributed by atoms with Crippen molar-refractivity contribution in [3.8, 4) is 0 Å². The maximum absolute atomic E-state index is 10.9. The number of aromatic nitrogens is 1. The standard InChI is InChI=1S/C11H11ClN2O3/c1-7(15)13-4-2-3-8-6-14-10(12)5-9(8)11(16)17/h2-3,5-6H,4H2,1H3,(H,13,15)(H,16,17). The number of hydrogen-bond donors (Lipinski definition) is 2. The van der Waals surface area contributed by atoms with Crippen molar-refractivity contribution in [3.63, 3.8) is 0 Å². The summed E-state index contributed by atoms with van der Waals surface area (Å²) in [6, 6.07) is 1.28. The Morgan fingerprint density at radius 1 is 1.59 bits per heavy atom. The van der Waals surface area contributed by atoms with Crippen LogP contribution in [-0.2, 0) is 4.79 Å². The van der Waals surface area contributed by atoms with Gasteiger partial charge in [-0.05, 0) is 6.07 Å². The lowest BCUT2D eigenvalue weighted by atomic mass is 10.1. The van der Waals surface area contributed by atoms with Crippen molar-refractivity contribution in [2.45, 2.75) is 6.92 Å². The van der Waals surface area contributed by atoms with Gasteiger partial charge in [-0.3, -0.25) is 4.79 Å². The van der Waals surface area contributed by atoms with Gasteiger partial charge in [0.2, 0.25) is 5.91 Å². The summed E-state index contributed by atoms with van der Waals surface area (Å²) in [4.78, 5) is 25.3. The monoisotopic (exact) mass is 254 g/mol. The number of nitrogens with one attached hydrogen (secondary N) is 1. The minimum Gasteiger partial charge on any atom is -0.478 e. The van der Waals surface area contributed by atoms with Crippen LogP contribution >= 0.6 is 11.6 Å². The second-order valence-electron chi connectivity index (χ2n) is 3.24. The molecule has 6 heteroatoms. The molecule has 0 aliphatic heterocycles. The van der Waals surface area contributed by atoms with Gasteiger partial charge >= 0.3 is 5.97 Å². The number of rotatable bonds is 4. The number of carboxylic acid groups (broad SMARTS) is 1. The highest BCUT2D eigenvalue weighted by molar-refractivity contribution is 6.29. The third-order valence-corrected chi connectivity index (χ3v) is 2.10. The molecule has 0 fully saturated rings. The van der Waals surface area contributed by atoms with Gasteiger partial charge in [-0.2, -0.15) is 0 Å². The molecule has 0 bridgehead atoms. The first kappa shape index (κ1) is 13.2. The van der Waals surface area contributed by atoms with E-state index in [4.69, 9.17) is 16.7 Å². The van der Waals surface area contributed by atoms with Crippen molar-refractivity contribution >= 4 is 29.6 Å². The largest absolute Gasteiger partial charge is 0.478 e. The fourth-order valence-electron chi connectivity index (χ4n) is 1.15. The van der Waals surface area contributed by atoms with Crippen molar-refractivity contribution in [2.24, 2.45) is 0 Å². The maximum Gasteiger partial charge on any atom is 0.336 e. The number of carbonyl (C=O) groups is 2. The molecule has 1 rings (SSSR count). The van der Waals surface area contributed by atoms with Gasteiger partial charge in [0.1, 0.15) is 5.15 Å². The molecule has 0 aliphatic rings. The summed E-state index contributed by atoms with van der Waals surface area (Å²) in [5.41, 5.74) is 0.510. The average Bonchev–Trinajstić information content (AvgIpc) is 2.25. The van der Waals surface area contributed by atoms with E-state index in [1.165, 1.54) is 19.2 Å². The van der Waals surface area contributed by atoms with E-state index in [9.17, 15) is 9.59 Å². The van der Waals surface area contributed by atoms with Crippen molar-refractivity contribution in [2.75, 3.05) is 6.54 Å². The summed E-state index contributed by atoms with van der Waals surface area (Å²) >= 11 is 5.61. The Hall–Kier alpha value is -1.88. The van der Waals surface area contributed by atoms with Gasteiger partial charge in [-0.25, -0.2) is 9.78 Å². The van der Waals surface area contributed by atoms with E-state index < -0.39 is 5.97 Å². The predicted molar refractivity (Wildman–Crippen MR) is 63.9 cm³/mol. The van der Waals surface area contributed by atoms with Gasteiger partial charge in [-0.1, -0.05) is 23.8 Å². The Balaban J connectivity index is 2.83. The molecule has 5 nitrogen and oxygen atoms in total. The molecule has 1 heterocycles. The molecule has 0 saturated heterocycles. The number of amides is 1. The summed E-state index contributed by atoms with van der Waals surface area (Å²) in [5.74, 6) is -1.23. The zero-order chi connectivity index (χ0) is 12.8. The van der Waals surface area contributed by atoms with Crippen LogP contribution in [0.1, 0.15) is 22.8 Å². The molecular formula is C11H11ClN2O3. The average molecular weight is 255 g/mol. The second-order valence-corrected chi connectivity index (χ2v) is 3.63. The first-order valence-electron chi connectivity index (χ1n) is 4.80. The zero-order valence-corrected chi connectivity index (χ0v) is 9.86. The smallest absolute Gasteiger partial charge is 0.336 e. The van der Waals surface area contributed by atoms with Gasteiger partial charge in [0.05, 0.1) is 5.56 Å². The molecule has 1 aromatic heterocycles. The number of halogens is 1. The van der Waals surface area contributed by atoms with Crippen molar-refractivity contribution in [1.82, 2.24) is 10.3 Å². The van der Waals surface area contributed by atoms with Gasteiger partial charge in [0, 0.05) is 25.2 Å². The normalized spacial score (nSPS) is 10.5. The molecule has 90 valence electrons. The molecule has 0 atom stereocenters. The van der Waals surface area contributed by atoms with Crippen LogP contribution < -0.4 is 5.32 Å². The van der Waals surface area contributed by atoms with Gasteiger partial charge in [-0.15, -0.1) is 0 Å². The summed E-state index contributed by atoms with van der Waals surface area (Å²) in [6.45, 7) is 1.73. The zero-order valence-electron chi connectivity index (χ0n) is 9.11. The fourth-order valence-corrected chi connectivity index (χ4v) is 1.30. The lowest BCUT2D eigenvalue weighted by Crippen LogP contribution is -2.19.